The van der Waals surface area contributed by atoms with Gasteiger partial charge in [-0.05, 0) is 18.1 Å². The molecule has 2 aromatic rings. The molecule has 0 saturated heterocycles. The molecule has 0 spiro atoms. The minimum Gasteiger partial charge on any atom is -0.388 e. The molecule has 0 aliphatic carbocycles. The Morgan fingerprint density at radius 1 is 1.05 bits per heavy atom. The largest absolute Gasteiger partial charge is 0.388 e. The van der Waals surface area contributed by atoms with Gasteiger partial charge in [-0.3, -0.25) is 4.31 Å². The summed E-state index contributed by atoms with van der Waals surface area (Å²) in [6, 6.07) is 16.3. The zero-order valence-electron chi connectivity index (χ0n) is 11.5. The molecule has 1 unspecified atom stereocenters. The highest BCUT2D eigenvalue weighted by molar-refractivity contribution is 7.92. The van der Waals surface area contributed by atoms with Gasteiger partial charge in [0.2, 0.25) is 10.0 Å². The number of rotatable bonds is 3. The van der Waals surface area contributed by atoms with Gasteiger partial charge in [-0.15, -0.1) is 0 Å². The second-order valence-corrected chi connectivity index (χ2v) is 7.07. The number of aliphatic hydroxyl groups excluding tert-OH is 1. The molecule has 0 saturated carbocycles. The fourth-order valence-corrected chi connectivity index (χ4v) is 4.28. The third kappa shape index (κ3) is 2.80. The smallest absolute Gasteiger partial charge is 0.239 e. The van der Waals surface area contributed by atoms with E-state index >= 15 is 0 Å². The van der Waals surface area contributed by atoms with E-state index in [4.69, 9.17) is 0 Å². The maximum absolute atomic E-state index is 12.7. The first-order valence-corrected chi connectivity index (χ1v) is 8.50. The number of nitrogens with zero attached hydrogens (tertiary/aromatic N) is 1. The molecule has 0 bridgehead atoms. The molecule has 2 aromatic carbocycles. The summed E-state index contributed by atoms with van der Waals surface area (Å²) in [5.41, 5.74) is 2.04. The predicted octanol–water partition coefficient (Wildman–Crippen LogP) is 2.46. The highest BCUT2D eigenvalue weighted by Crippen LogP contribution is 2.35. The van der Waals surface area contributed by atoms with E-state index in [2.05, 4.69) is 0 Å². The molecule has 0 radical (unpaired) electrons. The highest BCUT2D eigenvalue weighted by atomic mass is 32.2. The Hall–Kier alpha value is -1.85. The summed E-state index contributed by atoms with van der Waals surface area (Å²) < 4.78 is 26.8. The maximum atomic E-state index is 12.7. The van der Waals surface area contributed by atoms with Crippen LogP contribution in [0.25, 0.3) is 0 Å². The van der Waals surface area contributed by atoms with Crippen molar-refractivity contribution in [3.8, 4) is 0 Å². The van der Waals surface area contributed by atoms with E-state index in [1.165, 1.54) is 4.31 Å². The van der Waals surface area contributed by atoms with Crippen LogP contribution in [-0.4, -0.2) is 20.1 Å². The molecule has 1 atom stereocenters. The zero-order chi connectivity index (χ0) is 14.9. The normalized spacial score (nSPS) is 18.3. The molecule has 4 nitrogen and oxygen atoms in total. The first kappa shape index (κ1) is 14.1. The van der Waals surface area contributed by atoms with E-state index < -0.39 is 16.1 Å². The van der Waals surface area contributed by atoms with Crippen LogP contribution in [0.2, 0.25) is 0 Å². The fourth-order valence-electron chi connectivity index (χ4n) is 2.66. The van der Waals surface area contributed by atoms with Gasteiger partial charge < -0.3 is 5.11 Å². The second kappa shape index (κ2) is 5.50. The summed E-state index contributed by atoms with van der Waals surface area (Å²) in [4.78, 5) is 0. The zero-order valence-corrected chi connectivity index (χ0v) is 12.3. The summed E-state index contributed by atoms with van der Waals surface area (Å²) in [5, 5.41) is 10.0. The van der Waals surface area contributed by atoms with Crippen LogP contribution in [-0.2, 0) is 15.8 Å². The molecule has 0 aromatic heterocycles. The van der Waals surface area contributed by atoms with Gasteiger partial charge in [0.25, 0.3) is 0 Å². The van der Waals surface area contributed by atoms with Gasteiger partial charge in [0.1, 0.15) is 0 Å². The number of fused-ring (bicyclic) bond motifs is 1. The van der Waals surface area contributed by atoms with Crippen molar-refractivity contribution in [2.45, 2.75) is 18.3 Å². The molecule has 1 aliphatic rings. The topological polar surface area (TPSA) is 57.6 Å². The van der Waals surface area contributed by atoms with Crippen LogP contribution in [0, 0.1) is 0 Å². The van der Waals surface area contributed by atoms with E-state index in [1.807, 2.05) is 36.4 Å². The van der Waals surface area contributed by atoms with Crippen LogP contribution in [0.15, 0.2) is 54.6 Å². The lowest BCUT2D eigenvalue weighted by Gasteiger charge is -2.33. The molecule has 1 N–H and O–H groups in total. The number of sulfonamides is 1. The first-order chi connectivity index (χ1) is 10.1. The lowest BCUT2D eigenvalue weighted by Crippen LogP contribution is -2.37. The predicted molar refractivity (Wildman–Crippen MR) is 82.4 cm³/mol. The average molecular weight is 303 g/mol. The molecule has 21 heavy (non-hydrogen) atoms. The van der Waals surface area contributed by atoms with E-state index in [-0.39, 0.29) is 5.75 Å². The fraction of sp³-hybridized carbons (Fsp3) is 0.250. The quantitative estimate of drug-likeness (QED) is 0.947. The Kier molecular flexibility index (Phi) is 3.69. The number of hydrogen-bond acceptors (Lipinski definition) is 3. The highest BCUT2D eigenvalue weighted by Gasteiger charge is 2.30. The van der Waals surface area contributed by atoms with E-state index in [0.717, 1.165) is 5.56 Å². The number of benzene rings is 2. The minimum atomic E-state index is -3.45. The molecular formula is C16H17NO3S. The van der Waals surface area contributed by atoms with Gasteiger partial charge in [-0.1, -0.05) is 48.5 Å². The molecule has 1 heterocycles. The Bertz CT molecular complexity index is 728. The van der Waals surface area contributed by atoms with Crippen LogP contribution in [0.5, 0.6) is 0 Å². The van der Waals surface area contributed by atoms with Crippen LogP contribution >= 0.6 is 0 Å². The van der Waals surface area contributed by atoms with E-state index in [0.29, 0.717) is 24.2 Å². The molecule has 3 rings (SSSR count). The molecule has 110 valence electrons. The van der Waals surface area contributed by atoms with E-state index in [9.17, 15) is 13.5 Å². The summed E-state index contributed by atoms with van der Waals surface area (Å²) in [7, 11) is -3.45. The number of aliphatic hydroxyl groups is 1. The van der Waals surface area contributed by atoms with Gasteiger partial charge >= 0.3 is 0 Å². The average Bonchev–Trinajstić information content (AvgIpc) is 2.48. The summed E-state index contributed by atoms with van der Waals surface area (Å²) in [6.45, 7) is 0.313. The maximum Gasteiger partial charge on any atom is 0.239 e. The number of hydrogen-bond donors (Lipinski definition) is 1. The van der Waals surface area contributed by atoms with Crippen molar-refractivity contribution in [1.82, 2.24) is 0 Å². The van der Waals surface area contributed by atoms with Gasteiger partial charge in [0, 0.05) is 12.1 Å². The summed E-state index contributed by atoms with van der Waals surface area (Å²) in [5.74, 6) is -0.0295. The van der Waals surface area contributed by atoms with Crippen molar-refractivity contribution < 1.29 is 13.5 Å². The number of anilines is 1. The third-order valence-corrected chi connectivity index (χ3v) is 5.45. The van der Waals surface area contributed by atoms with E-state index in [1.54, 1.807) is 18.2 Å². The summed E-state index contributed by atoms with van der Waals surface area (Å²) >= 11 is 0. The summed E-state index contributed by atoms with van der Waals surface area (Å²) in [6.07, 6.45) is -0.172. The minimum absolute atomic E-state index is 0.0295. The van der Waals surface area contributed by atoms with Crippen molar-refractivity contribution in [2.75, 3.05) is 10.8 Å². The molecular weight excluding hydrogens is 286 g/mol. The molecule has 0 fully saturated rings. The molecule has 0 amide bonds. The lowest BCUT2D eigenvalue weighted by molar-refractivity contribution is 0.166. The van der Waals surface area contributed by atoms with Gasteiger partial charge in [0.05, 0.1) is 17.5 Å². The first-order valence-electron chi connectivity index (χ1n) is 6.89. The lowest BCUT2D eigenvalue weighted by atomic mass is 10.0. The van der Waals surface area contributed by atoms with Crippen LogP contribution in [0.3, 0.4) is 0 Å². The molecule has 5 heteroatoms. The van der Waals surface area contributed by atoms with Crippen molar-refractivity contribution >= 4 is 15.7 Å². The SMILES string of the molecule is O=S(=O)(Cc1ccccc1)N1CCC(O)c2ccccc21. The Morgan fingerprint density at radius 3 is 2.48 bits per heavy atom. The van der Waals surface area contributed by atoms with Crippen molar-refractivity contribution in [2.24, 2.45) is 0 Å². The van der Waals surface area contributed by atoms with Crippen molar-refractivity contribution in [3.05, 3.63) is 65.7 Å². The van der Waals surface area contributed by atoms with Gasteiger partial charge in [-0.2, -0.15) is 0 Å². The Labute approximate surface area is 124 Å². The standard InChI is InChI=1S/C16H17NO3S/c18-16-10-11-17(15-9-5-4-8-14(15)16)21(19,20)12-13-6-2-1-3-7-13/h1-9,16,18H,10-12H2. The monoisotopic (exact) mass is 303 g/mol. The molecule has 1 aliphatic heterocycles. The van der Waals surface area contributed by atoms with Gasteiger partial charge in [-0.25, -0.2) is 8.42 Å². The Morgan fingerprint density at radius 2 is 1.71 bits per heavy atom. The van der Waals surface area contributed by atoms with Crippen molar-refractivity contribution in [1.29, 1.82) is 0 Å². The second-order valence-electron chi connectivity index (χ2n) is 5.18. The van der Waals surface area contributed by atoms with Crippen LogP contribution < -0.4 is 4.31 Å². The third-order valence-electron chi connectivity index (χ3n) is 3.70. The van der Waals surface area contributed by atoms with Gasteiger partial charge in [0.15, 0.2) is 0 Å². The Balaban J connectivity index is 1.95. The van der Waals surface area contributed by atoms with Crippen molar-refractivity contribution in [3.63, 3.8) is 0 Å². The van der Waals surface area contributed by atoms with Crippen LogP contribution in [0.1, 0.15) is 23.7 Å². The number of para-hydroxylation sites is 1. The van der Waals surface area contributed by atoms with Crippen LogP contribution in [0.4, 0.5) is 5.69 Å².